The highest BCUT2D eigenvalue weighted by Gasteiger charge is 2.26. The van der Waals surface area contributed by atoms with Crippen molar-refractivity contribution in [1.29, 1.82) is 0 Å². The molecule has 1 saturated heterocycles. The molecule has 0 spiro atoms. The van der Waals surface area contributed by atoms with Gasteiger partial charge in [0.05, 0.1) is 9.79 Å². The number of hydrogen-bond acceptors (Lipinski definition) is 4. The van der Waals surface area contributed by atoms with Gasteiger partial charge in [-0.25, -0.2) is 21.6 Å². The third-order valence-electron chi connectivity index (χ3n) is 4.43. The van der Waals surface area contributed by atoms with Crippen LogP contribution in [0.4, 0.5) is 0 Å². The molecule has 1 aliphatic rings. The molecule has 6 nitrogen and oxygen atoms in total. The zero-order valence-corrected chi connectivity index (χ0v) is 16.0. The Hall–Kier alpha value is -0.960. The maximum atomic E-state index is 12.6. The number of nitrogens with zero attached hydrogens (tertiary/aromatic N) is 1. The number of hydrogen-bond donors (Lipinski definition) is 1. The SMILES string of the molecule is CC(C)C(C)NS(=O)(=O)c1ccc(S(=O)(=O)N2CCCCC2)cc1. The molecule has 0 amide bonds. The number of piperidine rings is 1. The van der Waals surface area contributed by atoms with E-state index < -0.39 is 20.0 Å². The molecule has 1 heterocycles. The zero-order chi connectivity index (χ0) is 18.0. The van der Waals surface area contributed by atoms with Gasteiger partial charge in [-0.3, -0.25) is 0 Å². The van der Waals surface area contributed by atoms with Gasteiger partial charge in [0.1, 0.15) is 0 Å². The maximum Gasteiger partial charge on any atom is 0.243 e. The smallest absolute Gasteiger partial charge is 0.208 e. The van der Waals surface area contributed by atoms with E-state index in [9.17, 15) is 16.8 Å². The molecule has 0 bridgehead atoms. The molecule has 0 aromatic heterocycles. The summed E-state index contributed by atoms with van der Waals surface area (Å²) < 4.78 is 53.9. The molecular formula is C16H26N2O4S2. The standard InChI is InChI=1S/C16H26N2O4S2/c1-13(2)14(3)17-23(19,20)15-7-9-16(10-8-15)24(21,22)18-11-5-4-6-12-18/h7-10,13-14,17H,4-6,11-12H2,1-3H3. The fourth-order valence-corrected chi connectivity index (χ4v) is 5.40. The fourth-order valence-electron chi connectivity index (χ4n) is 2.49. The van der Waals surface area contributed by atoms with E-state index in [0.29, 0.717) is 13.1 Å². The predicted octanol–water partition coefficient (Wildman–Crippen LogP) is 2.18. The molecule has 1 N–H and O–H groups in total. The minimum Gasteiger partial charge on any atom is -0.208 e. The van der Waals surface area contributed by atoms with Crippen LogP contribution in [0, 0.1) is 5.92 Å². The van der Waals surface area contributed by atoms with Gasteiger partial charge in [-0.2, -0.15) is 4.31 Å². The Bertz CT molecular complexity index is 750. The summed E-state index contributed by atoms with van der Waals surface area (Å²) in [5.41, 5.74) is 0. The van der Waals surface area contributed by atoms with Crippen LogP contribution in [0.5, 0.6) is 0 Å². The third-order valence-corrected chi connectivity index (χ3v) is 7.92. The largest absolute Gasteiger partial charge is 0.243 e. The van der Waals surface area contributed by atoms with Crippen LogP contribution in [-0.2, 0) is 20.0 Å². The van der Waals surface area contributed by atoms with Crippen molar-refractivity contribution in [3.8, 4) is 0 Å². The van der Waals surface area contributed by atoms with E-state index in [4.69, 9.17) is 0 Å². The number of rotatable bonds is 6. The van der Waals surface area contributed by atoms with Crippen molar-refractivity contribution in [2.75, 3.05) is 13.1 Å². The molecule has 0 aliphatic carbocycles. The van der Waals surface area contributed by atoms with E-state index in [1.165, 1.54) is 28.6 Å². The minimum absolute atomic E-state index is 0.0765. The number of benzene rings is 1. The topological polar surface area (TPSA) is 83.5 Å². The minimum atomic E-state index is -3.65. The monoisotopic (exact) mass is 374 g/mol. The molecule has 2 rings (SSSR count). The summed E-state index contributed by atoms with van der Waals surface area (Å²) in [6.45, 7) is 6.71. The summed E-state index contributed by atoms with van der Waals surface area (Å²) in [4.78, 5) is 0.216. The highest BCUT2D eigenvalue weighted by atomic mass is 32.2. The van der Waals surface area contributed by atoms with Gasteiger partial charge in [-0.15, -0.1) is 0 Å². The van der Waals surface area contributed by atoms with Crippen molar-refractivity contribution in [3.63, 3.8) is 0 Å². The normalized spacial score (nSPS) is 18.7. The quantitative estimate of drug-likeness (QED) is 0.827. The average molecular weight is 375 g/mol. The van der Waals surface area contributed by atoms with Crippen LogP contribution in [0.2, 0.25) is 0 Å². The van der Waals surface area contributed by atoms with Crippen LogP contribution in [0.15, 0.2) is 34.1 Å². The van der Waals surface area contributed by atoms with Crippen molar-refractivity contribution in [2.45, 2.75) is 55.9 Å². The van der Waals surface area contributed by atoms with E-state index in [2.05, 4.69) is 4.72 Å². The van der Waals surface area contributed by atoms with E-state index >= 15 is 0 Å². The Labute approximate surface area is 145 Å². The summed E-state index contributed by atoms with van der Waals surface area (Å²) >= 11 is 0. The molecule has 1 aromatic rings. The van der Waals surface area contributed by atoms with Crippen LogP contribution < -0.4 is 4.72 Å². The van der Waals surface area contributed by atoms with Gasteiger partial charge in [-0.05, 0) is 49.9 Å². The second-order valence-electron chi connectivity index (χ2n) is 6.59. The van der Waals surface area contributed by atoms with Crippen molar-refractivity contribution in [3.05, 3.63) is 24.3 Å². The van der Waals surface area contributed by atoms with E-state index in [1.54, 1.807) is 6.92 Å². The molecule has 136 valence electrons. The predicted molar refractivity (Wildman–Crippen MR) is 93.7 cm³/mol. The molecule has 0 radical (unpaired) electrons. The Morgan fingerprint density at radius 3 is 1.88 bits per heavy atom. The van der Waals surface area contributed by atoms with Gasteiger partial charge in [0, 0.05) is 19.1 Å². The Kier molecular flexibility index (Phi) is 6.06. The molecule has 1 aliphatic heterocycles. The van der Waals surface area contributed by atoms with E-state index in [-0.39, 0.29) is 21.8 Å². The fraction of sp³-hybridized carbons (Fsp3) is 0.625. The van der Waals surface area contributed by atoms with E-state index in [0.717, 1.165) is 19.3 Å². The zero-order valence-electron chi connectivity index (χ0n) is 14.4. The highest BCUT2D eigenvalue weighted by Crippen LogP contribution is 2.22. The third kappa shape index (κ3) is 4.36. The van der Waals surface area contributed by atoms with Crippen LogP contribution in [0.3, 0.4) is 0 Å². The molecule has 8 heteroatoms. The van der Waals surface area contributed by atoms with Crippen LogP contribution in [0.1, 0.15) is 40.0 Å². The first-order chi connectivity index (χ1) is 11.1. The summed E-state index contributed by atoms with van der Waals surface area (Å²) in [5.74, 6) is 0.165. The number of nitrogens with one attached hydrogen (secondary N) is 1. The summed E-state index contributed by atoms with van der Waals surface area (Å²) in [7, 11) is -7.19. The lowest BCUT2D eigenvalue weighted by Crippen LogP contribution is -2.36. The van der Waals surface area contributed by atoms with Crippen LogP contribution in [0.25, 0.3) is 0 Å². The first-order valence-electron chi connectivity index (χ1n) is 8.27. The summed E-state index contributed by atoms with van der Waals surface area (Å²) in [6, 6.07) is 5.25. The lowest BCUT2D eigenvalue weighted by atomic mass is 10.1. The van der Waals surface area contributed by atoms with Gasteiger partial charge >= 0.3 is 0 Å². The van der Waals surface area contributed by atoms with E-state index in [1.807, 2.05) is 13.8 Å². The average Bonchev–Trinajstić information content (AvgIpc) is 2.55. The molecule has 24 heavy (non-hydrogen) atoms. The first kappa shape index (κ1) is 19.4. The molecule has 1 unspecified atom stereocenters. The highest BCUT2D eigenvalue weighted by molar-refractivity contribution is 7.89. The Balaban J connectivity index is 2.21. The van der Waals surface area contributed by atoms with Crippen molar-refractivity contribution >= 4 is 20.0 Å². The number of sulfonamides is 2. The molecular weight excluding hydrogens is 348 g/mol. The summed E-state index contributed by atoms with van der Waals surface area (Å²) in [6.07, 6.45) is 2.77. The second kappa shape index (κ2) is 7.51. The van der Waals surface area contributed by atoms with Crippen molar-refractivity contribution in [1.82, 2.24) is 9.03 Å². The van der Waals surface area contributed by atoms with Crippen LogP contribution in [-0.4, -0.2) is 40.3 Å². The first-order valence-corrected chi connectivity index (χ1v) is 11.2. The van der Waals surface area contributed by atoms with Gasteiger partial charge in [0.25, 0.3) is 0 Å². The second-order valence-corrected chi connectivity index (χ2v) is 10.2. The van der Waals surface area contributed by atoms with Gasteiger partial charge < -0.3 is 0 Å². The molecule has 0 saturated carbocycles. The van der Waals surface area contributed by atoms with Gasteiger partial charge in [0.15, 0.2) is 0 Å². The Morgan fingerprint density at radius 1 is 0.875 bits per heavy atom. The lowest BCUT2D eigenvalue weighted by Gasteiger charge is -2.26. The molecule has 1 aromatic carbocycles. The van der Waals surface area contributed by atoms with Crippen molar-refractivity contribution in [2.24, 2.45) is 5.92 Å². The Morgan fingerprint density at radius 2 is 1.38 bits per heavy atom. The van der Waals surface area contributed by atoms with Crippen molar-refractivity contribution < 1.29 is 16.8 Å². The van der Waals surface area contributed by atoms with Crippen LogP contribution >= 0.6 is 0 Å². The molecule has 1 atom stereocenters. The maximum absolute atomic E-state index is 12.6. The molecule has 1 fully saturated rings. The summed E-state index contributed by atoms with van der Waals surface area (Å²) in [5, 5.41) is 0. The van der Waals surface area contributed by atoms with Gasteiger partial charge in [-0.1, -0.05) is 20.3 Å². The van der Waals surface area contributed by atoms with Gasteiger partial charge in [0.2, 0.25) is 20.0 Å². The lowest BCUT2D eigenvalue weighted by molar-refractivity contribution is 0.346.